The van der Waals surface area contributed by atoms with Crippen LogP contribution in [-0.4, -0.2) is 62.4 Å². The molecule has 0 aliphatic heterocycles. The predicted molar refractivity (Wildman–Crippen MR) is 106 cm³/mol. The van der Waals surface area contributed by atoms with Crippen molar-refractivity contribution in [1.82, 2.24) is 34.9 Å². The van der Waals surface area contributed by atoms with Crippen LogP contribution in [0.2, 0.25) is 0 Å². The Morgan fingerprint density at radius 3 is 2.65 bits per heavy atom. The number of hydrogen-bond donors (Lipinski definition) is 0. The summed E-state index contributed by atoms with van der Waals surface area (Å²) in [6.07, 6.45) is 3.90. The van der Waals surface area contributed by atoms with E-state index in [1.165, 1.54) is 11.6 Å². The maximum absolute atomic E-state index is 5.82. The molecule has 4 rings (SSSR count). The number of rotatable bonds is 10. The molecule has 4 heterocycles. The molecule has 12 heteroatoms. The molecule has 0 amide bonds. The molecule has 0 bridgehead atoms. The molecule has 31 heavy (non-hydrogen) atoms. The fourth-order valence-corrected chi connectivity index (χ4v) is 2.69. The summed E-state index contributed by atoms with van der Waals surface area (Å²) in [5.74, 6) is 2.18. The quantitative estimate of drug-likeness (QED) is 0.344. The van der Waals surface area contributed by atoms with Gasteiger partial charge >= 0.3 is 0 Å². The maximum atomic E-state index is 5.82. The first-order valence-electron chi connectivity index (χ1n) is 9.47. The van der Waals surface area contributed by atoms with E-state index < -0.39 is 0 Å². The van der Waals surface area contributed by atoms with Gasteiger partial charge in [-0.15, -0.1) is 15.3 Å². The van der Waals surface area contributed by atoms with Crippen molar-refractivity contribution < 1.29 is 23.5 Å². The van der Waals surface area contributed by atoms with Crippen molar-refractivity contribution >= 4 is 5.65 Å². The lowest BCUT2D eigenvalue weighted by molar-refractivity contribution is 0.170. The topological polar surface area (TPSA) is 132 Å². The summed E-state index contributed by atoms with van der Waals surface area (Å²) in [6, 6.07) is 3.42. The first kappa shape index (κ1) is 20.5. The molecule has 0 N–H and O–H groups in total. The van der Waals surface area contributed by atoms with Crippen molar-refractivity contribution in [3.8, 4) is 29.0 Å². The van der Waals surface area contributed by atoms with Gasteiger partial charge in [0.2, 0.25) is 11.7 Å². The van der Waals surface area contributed by atoms with Crippen LogP contribution in [0.1, 0.15) is 17.9 Å². The zero-order chi connectivity index (χ0) is 21.6. The van der Waals surface area contributed by atoms with E-state index >= 15 is 0 Å². The van der Waals surface area contributed by atoms with Gasteiger partial charge in [-0.3, -0.25) is 4.98 Å². The highest BCUT2D eigenvalue weighted by molar-refractivity contribution is 5.56. The zero-order valence-corrected chi connectivity index (χ0v) is 17.3. The van der Waals surface area contributed by atoms with Gasteiger partial charge in [0.25, 0.3) is 5.88 Å². The summed E-state index contributed by atoms with van der Waals surface area (Å²) in [5, 5.41) is 16.7. The molecule has 0 saturated heterocycles. The molecule has 12 nitrogen and oxygen atoms in total. The van der Waals surface area contributed by atoms with E-state index in [0.717, 1.165) is 6.42 Å². The maximum Gasteiger partial charge on any atom is 0.275 e. The lowest BCUT2D eigenvalue weighted by Gasteiger charge is -2.10. The number of methoxy groups -OCH3 is 2. The Morgan fingerprint density at radius 2 is 1.94 bits per heavy atom. The Bertz CT molecular complexity index is 1140. The minimum Gasteiger partial charge on any atom is -0.491 e. The van der Waals surface area contributed by atoms with Gasteiger partial charge in [-0.2, -0.15) is 4.52 Å². The highest BCUT2D eigenvalue weighted by Gasteiger charge is 2.18. The van der Waals surface area contributed by atoms with Crippen LogP contribution in [0.15, 0.2) is 29.0 Å². The molecule has 4 aromatic heterocycles. The predicted octanol–water partition coefficient (Wildman–Crippen LogP) is 1.88. The molecule has 0 fully saturated rings. The fraction of sp³-hybridized carbons (Fsp3) is 0.368. The fourth-order valence-electron chi connectivity index (χ4n) is 2.69. The Morgan fingerprint density at radius 1 is 1.03 bits per heavy atom. The van der Waals surface area contributed by atoms with Crippen LogP contribution >= 0.6 is 0 Å². The van der Waals surface area contributed by atoms with Crippen LogP contribution < -0.4 is 14.2 Å². The van der Waals surface area contributed by atoms with Gasteiger partial charge in [0.15, 0.2) is 17.1 Å². The monoisotopic (exact) mass is 427 g/mol. The Hall–Kier alpha value is -3.80. The molecular formula is C19H21N7O5. The molecule has 0 radical (unpaired) electrons. The normalized spacial score (nSPS) is 11.1. The van der Waals surface area contributed by atoms with Gasteiger partial charge in [-0.25, -0.2) is 4.98 Å². The van der Waals surface area contributed by atoms with Gasteiger partial charge in [0.1, 0.15) is 12.4 Å². The van der Waals surface area contributed by atoms with Gasteiger partial charge in [0.05, 0.1) is 31.8 Å². The molecule has 0 aliphatic rings. The molecule has 0 spiro atoms. The first-order valence-corrected chi connectivity index (χ1v) is 9.47. The summed E-state index contributed by atoms with van der Waals surface area (Å²) in [7, 11) is 3.17. The van der Waals surface area contributed by atoms with Crippen LogP contribution in [-0.2, 0) is 11.3 Å². The molecule has 4 aromatic rings. The Balaban J connectivity index is 1.48. The molecule has 0 aliphatic carbocycles. The van der Waals surface area contributed by atoms with E-state index in [9.17, 15) is 0 Å². The van der Waals surface area contributed by atoms with Crippen LogP contribution in [0.3, 0.4) is 0 Å². The third-order valence-electron chi connectivity index (χ3n) is 4.18. The van der Waals surface area contributed by atoms with Crippen molar-refractivity contribution in [2.24, 2.45) is 0 Å². The summed E-state index contributed by atoms with van der Waals surface area (Å²) in [4.78, 5) is 8.53. The van der Waals surface area contributed by atoms with Crippen molar-refractivity contribution in [2.75, 3.05) is 27.4 Å². The van der Waals surface area contributed by atoms with Gasteiger partial charge < -0.3 is 23.5 Å². The van der Waals surface area contributed by atoms with Crippen molar-refractivity contribution in [1.29, 1.82) is 0 Å². The average molecular weight is 427 g/mol. The Labute approximate surface area is 177 Å². The van der Waals surface area contributed by atoms with Crippen LogP contribution in [0.25, 0.3) is 17.2 Å². The van der Waals surface area contributed by atoms with Crippen LogP contribution in [0.5, 0.6) is 17.5 Å². The highest BCUT2D eigenvalue weighted by Crippen LogP contribution is 2.28. The third kappa shape index (κ3) is 4.69. The van der Waals surface area contributed by atoms with Crippen molar-refractivity contribution in [2.45, 2.75) is 20.0 Å². The van der Waals surface area contributed by atoms with Crippen LogP contribution in [0, 0.1) is 6.92 Å². The standard InChI is InChI=1S/C19H21N7O5/c1-12-7-14(25-31-12)18-23-22-16-8-15(28-3)19(24-26(16)18)30-11-13-9-21-17(10-20-13)29-6-4-5-27-2/h7-10H,4-6,11H2,1-3H3. The molecular weight excluding hydrogens is 406 g/mol. The summed E-state index contributed by atoms with van der Waals surface area (Å²) < 4.78 is 28.3. The van der Waals surface area contributed by atoms with E-state index in [0.29, 0.717) is 53.5 Å². The number of fused-ring (bicyclic) bond motifs is 1. The molecule has 0 atom stereocenters. The van der Waals surface area contributed by atoms with E-state index in [4.69, 9.17) is 23.5 Å². The minimum absolute atomic E-state index is 0.131. The average Bonchev–Trinajstić information content (AvgIpc) is 3.40. The van der Waals surface area contributed by atoms with E-state index in [1.54, 1.807) is 38.6 Å². The minimum atomic E-state index is 0.131. The van der Waals surface area contributed by atoms with Gasteiger partial charge in [0, 0.05) is 32.3 Å². The molecule has 0 aromatic carbocycles. The number of ether oxygens (including phenoxy) is 4. The van der Waals surface area contributed by atoms with Crippen LogP contribution in [0.4, 0.5) is 0 Å². The second kappa shape index (κ2) is 9.34. The van der Waals surface area contributed by atoms with Crippen molar-refractivity contribution in [3.63, 3.8) is 0 Å². The molecule has 0 saturated carbocycles. The molecule has 0 unspecified atom stereocenters. The smallest absolute Gasteiger partial charge is 0.275 e. The summed E-state index contributed by atoms with van der Waals surface area (Å²) >= 11 is 0. The SMILES string of the molecule is COCCCOc1cnc(COc2nn3c(-c4cc(C)on4)nnc3cc2OC)cn1. The number of nitrogens with zero attached hydrogens (tertiary/aromatic N) is 7. The van der Waals surface area contributed by atoms with E-state index in [1.807, 2.05) is 0 Å². The third-order valence-corrected chi connectivity index (χ3v) is 4.18. The first-order chi connectivity index (χ1) is 15.2. The van der Waals surface area contributed by atoms with Gasteiger partial charge in [-0.1, -0.05) is 5.16 Å². The second-order valence-electron chi connectivity index (χ2n) is 6.46. The van der Waals surface area contributed by atoms with E-state index in [2.05, 4.69) is 30.4 Å². The number of aryl methyl sites for hydroxylation is 1. The number of hydrogen-bond acceptors (Lipinski definition) is 11. The Kier molecular flexibility index (Phi) is 6.17. The summed E-state index contributed by atoms with van der Waals surface area (Å²) in [5.41, 5.74) is 1.60. The van der Waals surface area contributed by atoms with E-state index in [-0.39, 0.29) is 12.5 Å². The highest BCUT2D eigenvalue weighted by atomic mass is 16.5. The van der Waals surface area contributed by atoms with Crippen molar-refractivity contribution in [3.05, 3.63) is 36.0 Å². The zero-order valence-electron chi connectivity index (χ0n) is 17.3. The largest absolute Gasteiger partial charge is 0.491 e. The molecule has 162 valence electrons. The second-order valence-corrected chi connectivity index (χ2v) is 6.46. The van der Waals surface area contributed by atoms with Gasteiger partial charge in [-0.05, 0) is 6.92 Å². The number of aromatic nitrogens is 7. The lowest BCUT2D eigenvalue weighted by Crippen LogP contribution is -2.06. The summed E-state index contributed by atoms with van der Waals surface area (Å²) in [6.45, 7) is 3.06. The lowest BCUT2D eigenvalue weighted by atomic mass is 10.3.